The molecule has 0 saturated carbocycles. The molecule has 0 amide bonds. The Hall–Kier alpha value is -3.31. The summed E-state index contributed by atoms with van der Waals surface area (Å²) in [7, 11) is 1.64. The molecule has 0 fully saturated rings. The van der Waals surface area contributed by atoms with E-state index < -0.39 is 0 Å². The van der Waals surface area contributed by atoms with Gasteiger partial charge in [0.1, 0.15) is 17.3 Å². The SMILES string of the molecule is CCc1cc(OCCCCCCn2c(-c3ccc(OC)cc3)nc3ccccc3c2=O)ccc1Cl. The molecule has 0 aliphatic rings. The molecule has 6 heteroatoms. The van der Waals surface area contributed by atoms with Gasteiger partial charge in [-0.1, -0.05) is 43.5 Å². The molecule has 1 aromatic heterocycles. The molecular weight excluding hydrogens is 460 g/mol. The minimum Gasteiger partial charge on any atom is -0.497 e. The van der Waals surface area contributed by atoms with Crippen LogP contribution in [0.25, 0.3) is 22.3 Å². The molecule has 3 aromatic carbocycles. The van der Waals surface area contributed by atoms with Gasteiger partial charge in [0, 0.05) is 17.1 Å². The molecule has 5 nitrogen and oxygen atoms in total. The molecule has 0 atom stereocenters. The van der Waals surface area contributed by atoms with Crippen LogP contribution in [0.1, 0.15) is 38.2 Å². The fourth-order valence-electron chi connectivity index (χ4n) is 4.16. The van der Waals surface area contributed by atoms with E-state index in [-0.39, 0.29) is 5.56 Å². The number of nitrogens with zero attached hydrogens (tertiary/aromatic N) is 2. The number of halogens is 1. The first-order valence-corrected chi connectivity index (χ1v) is 12.5. The Balaban J connectivity index is 1.38. The summed E-state index contributed by atoms with van der Waals surface area (Å²) >= 11 is 6.18. The van der Waals surface area contributed by atoms with E-state index in [2.05, 4.69) is 6.92 Å². The number of fused-ring (bicyclic) bond motifs is 1. The second-order valence-corrected chi connectivity index (χ2v) is 8.91. The van der Waals surface area contributed by atoms with E-state index >= 15 is 0 Å². The van der Waals surface area contributed by atoms with Crippen molar-refractivity contribution in [2.75, 3.05) is 13.7 Å². The van der Waals surface area contributed by atoms with Crippen LogP contribution in [0.5, 0.6) is 11.5 Å². The van der Waals surface area contributed by atoms with Gasteiger partial charge in [-0.2, -0.15) is 0 Å². The highest BCUT2D eigenvalue weighted by atomic mass is 35.5. The van der Waals surface area contributed by atoms with E-state index in [1.54, 1.807) is 11.7 Å². The molecule has 0 unspecified atom stereocenters. The van der Waals surface area contributed by atoms with Crippen LogP contribution in [0.2, 0.25) is 5.02 Å². The normalized spacial score (nSPS) is 11.1. The van der Waals surface area contributed by atoms with Crippen molar-refractivity contribution in [2.45, 2.75) is 45.6 Å². The number of benzene rings is 3. The number of aromatic nitrogens is 2. The Morgan fingerprint density at radius 1 is 0.914 bits per heavy atom. The summed E-state index contributed by atoms with van der Waals surface area (Å²) in [5, 5.41) is 1.43. The van der Waals surface area contributed by atoms with Gasteiger partial charge in [-0.05, 0) is 79.4 Å². The second kappa shape index (κ2) is 11.9. The van der Waals surface area contributed by atoms with Crippen molar-refractivity contribution >= 4 is 22.5 Å². The number of hydrogen-bond acceptors (Lipinski definition) is 4. The van der Waals surface area contributed by atoms with Gasteiger partial charge >= 0.3 is 0 Å². The van der Waals surface area contributed by atoms with Crippen molar-refractivity contribution in [3.8, 4) is 22.9 Å². The minimum atomic E-state index is -0.000724. The van der Waals surface area contributed by atoms with Crippen LogP contribution in [0.3, 0.4) is 0 Å². The lowest BCUT2D eigenvalue weighted by atomic mass is 10.1. The average Bonchev–Trinajstić information content (AvgIpc) is 2.90. The predicted octanol–water partition coefficient (Wildman–Crippen LogP) is 6.93. The fraction of sp³-hybridized carbons (Fsp3) is 0.310. The Morgan fingerprint density at radius 2 is 1.66 bits per heavy atom. The Bertz CT molecular complexity index is 1330. The van der Waals surface area contributed by atoms with E-state index in [0.717, 1.165) is 59.8 Å². The number of rotatable bonds is 11. The molecule has 1 heterocycles. The van der Waals surface area contributed by atoms with Crippen LogP contribution < -0.4 is 15.0 Å². The topological polar surface area (TPSA) is 53.4 Å². The monoisotopic (exact) mass is 490 g/mol. The van der Waals surface area contributed by atoms with Gasteiger partial charge in [-0.25, -0.2) is 4.98 Å². The van der Waals surface area contributed by atoms with E-state index in [9.17, 15) is 4.79 Å². The first-order valence-electron chi connectivity index (χ1n) is 12.2. The Kier molecular flexibility index (Phi) is 8.43. The number of aryl methyl sites for hydroxylation is 1. The van der Waals surface area contributed by atoms with Crippen molar-refractivity contribution in [3.05, 3.63) is 87.7 Å². The van der Waals surface area contributed by atoms with Crippen LogP contribution >= 0.6 is 11.6 Å². The first kappa shape index (κ1) is 24.8. The highest BCUT2D eigenvalue weighted by Gasteiger charge is 2.13. The maximum absolute atomic E-state index is 13.3. The second-order valence-electron chi connectivity index (χ2n) is 8.51. The molecule has 4 rings (SSSR count). The summed E-state index contributed by atoms with van der Waals surface area (Å²) in [6, 6.07) is 21.0. The number of ether oxygens (including phenoxy) is 2. The standard InChI is InChI=1S/C29H31ClN2O3/c1-3-21-20-24(16-17-26(21)30)35-19-9-5-4-8-18-32-28(22-12-14-23(34-2)15-13-22)31-27-11-7-6-10-25(27)29(32)33/h6-7,10-17,20H,3-5,8-9,18-19H2,1-2H3. The first-order chi connectivity index (χ1) is 17.1. The predicted molar refractivity (Wildman–Crippen MR) is 143 cm³/mol. The molecule has 35 heavy (non-hydrogen) atoms. The third-order valence-corrected chi connectivity index (χ3v) is 6.52. The smallest absolute Gasteiger partial charge is 0.261 e. The maximum atomic E-state index is 13.3. The van der Waals surface area contributed by atoms with E-state index in [4.69, 9.17) is 26.1 Å². The molecule has 182 valence electrons. The zero-order valence-corrected chi connectivity index (χ0v) is 21.1. The van der Waals surface area contributed by atoms with Crippen molar-refractivity contribution < 1.29 is 9.47 Å². The Labute approximate surface area is 211 Å². The van der Waals surface area contributed by atoms with E-state index in [1.807, 2.05) is 66.7 Å². The van der Waals surface area contributed by atoms with Crippen molar-refractivity contribution in [3.63, 3.8) is 0 Å². The molecule has 0 saturated heterocycles. The zero-order chi connectivity index (χ0) is 24.6. The Morgan fingerprint density at radius 3 is 2.43 bits per heavy atom. The summed E-state index contributed by atoms with van der Waals surface area (Å²) in [5.74, 6) is 2.33. The number of unbranched alkanes of at least 4 members (excludes halogenated alkanes) is 3. The summed E-state index contributed by atoms with van der Waals surface area (Å²) in [4.78, 5) is 18.2. The fourth-order valence-corrected chi connectivity index (χ4v) is 4.41. The lowest BCUT2D eigenvalue weighted by molar-refractivity contribution is 0.304. The number of methoxy groups -OCH3 is 1. The van der Waals surface area contributed by atoms with E-state index in [0.29, 0.717) is 29.9 Å². The summed E-state index contributed by atoms with van der Waals surface area (Å²) in [5.41, 5.74) is 2.71. The highest BCUT2D eigenvalue weighted by Crippen LogP contribution is 2.24. The number of para-hydroxylation sites is 1. The van der Waals surface area contributed by atoms with Crippen LogP contribution in [0.15, 0.2) is 71.5 Å². The molecule has 4 aromatic rings. The van der Waals surface area contributed by atoms with Crippen LogP contribution in [-0.2, 0) is 13.0 Å². The molecular formula is C29H31ClN2O3. The van der Waals surface area contributed by atoms with E-state index in [1.165, 1.54) is 0 Å². The molecule has 0 N–H and O–H groups in total. The van der Waals surface area contributed by atoms with Crippen molar-refractivity contribution in [2.24, 2.45) is 0 Å². The van der Waals surface area contributed by atoms with Gasteiger partial charge in [0.15, 0.2) is 0 Å². The van der Waals surface area contributed by atoms with Crippen LogP contribution in [0.4, 0.5) is 0 Å². The summed E-state index contributed by atoms with van der Waals surface area (Å²) in [6.07, 6.45) is 4.77. The quantitative estimate of drug-likeness (QED) is 0.214. The van der Waals surface area contributed by atoms with Gasteiger partial charge in [0.05, 0.1) is 24.6 Å². The molecule has 0 aliphatic carbocycles. The van der Waals surface area contributed by atoms with Gasteiger partial charge < -0.3 is 9.47 Å². The summed E-state index contributed by atoms with van der Waals surface area (Å²) in [6.45, 7) is 3.37. The van der Waals surface area contributed by atoms with Crippen LogP contribution in [0, 0.1) is 0 Å². The summed E-state index contributed by atoms with van der Waals surface area (Å²) < 4.78 is 13.0. The van der Waals surface area contributed by atoms with Gasteiger partial charge in [-0.3, -0.25) is 9.36 Å². The largest absolute Gasteiger partial charge is 0.497 e. The zero-order valence-electron chi connectivity index (χ0n) is 20.3. The molecule has 0 spiro atoms. The number of hydrogen-bond donors (Lipinski definition) is 0. The lowest BCUT2D eigenvalue weighted by Crippen LogP contribution is -2.23. The molecule has 0 bridgehead atoms. The minimum absolute atomic E-state index is 0.000724. The lowest BCUT2D eigenvalue weighted by Gasteiger charge is -2.14. The van der Waals surface area contributed by atoms with Gasteiger partial charge in [-0.15, -0.1) is 0 Å². The third-order valence-electron chi connectivity index (χ3n) is 6.15. The van der Waals surface area contributed by atoms with Crippen LogP contribution in [-0.4, -0.2) is 23.3 Å². The van der Waals surface area contributed by atoms with Gasteiger partial charge in [0.2, 0.25) is 0 Å². The van der Waals surface area contributed by atoms with Gasteiger partial charge in [0.25, 0.3) is 5.56 Å². The molecule has 0 aliphatic heterocycles. The maximum Gasteiger partial charge on any atom is 0.261 e. The molecule has 0 radical (unpaired) electrons. The highest BCUT2D eigenvalue weighted by molar-refractivity contribution is 6.31. The third kappa shape index (κ3) is 6.04. The average molecular weight is 491 g/mol. The van der Waals surface area contributed by atoms with Crippen molar-refractivity contribution in [1.29, 1.82) is 0 Å². The van der Waals surface area contributed by atoms with Crippen molar-refractivity contribution in [1.82, 2.24) is 9.55 Å².